The lowest BCUT2D eigenvalue weighted by atomic mass is 9.96. The van der Waals surface area contributed by atoms with Crippen molar-refractivity contribution in [3.8, 4) is 0 Å². The van der Waals surface area contributed by atoms with E-state index >= 15 is 0 Å². The number of rotatable bonds is 8. The Morgan fingerprint density at radius 3 is 2.52 bits per heavy atom. The highest BCUT2D eigenvalue weighted by Gasteiger charge is 2.28. The maximum atomic E-state index is 13.2. The maximum Gasteiger partial charge on any atom is 0.316 e. The molecule has 1 aromatic rings. The number of benzene rings is 1. The molecule has 1 N–H and O–H groups in total. The number of carbonyl (C=O) groups excluding carboxylic acids is 1. The molecule has 0 radical (unpaired) electrons. The lowest BCUT2D eigenvalue weighted by Gasteiger charge is -2.32. The van der Waals surface area contributed by atoms with Crippen LogP contribution in [0, 0.1) is 6.92 Å². The molecule has 0 spiro atoms. The van der Waals surface area contributed by atoms with Gasteiger partial charge >= 0.3 is 10.5 Å². The first-order chi connectivity index (χ1) is 12.7. The summed E-state index contributed by atoms with van der Waals surface area (Å²) >= 11 is 5.37. The molecule has 1 amide bonds. The minimum absolute atomic E-state index is 0.0183. The van der Waals surface area contributed by atoms with Gasteiger partial charge in [-0.3, -0.25) is 9.69 Å². The van der Waals surface area contributed by atoms with Crippen molar-refractivity contribution in [2.24, 2.45) is 4.36 Å². The third kappa shape index (κ3) is 6.70. The molecule has 0 saturated carbocycles. The zero-order valence-electron chi connectivity index (χ0n) is 16.7. The van der Waals surface area contributed by atoms with Crippen LogP contribution in [0.4, 0.5) is 5.69 Å². The van der Waals surface area contributed by atoms with Crippen LogP contribution in [0.5, 0.6) is 0 Å². The molecule has 0 saturated heterocycles. The van der Waals surface area contributed by atoms with Gasteiger partial charge in [0.05, 0.1) is 11.6 Å². The third-order valence-corrected chi connectivity index (χ3v) is 5.36. The van der Waals surface area contributed by atoms with Crippen LogP contribution in [-0.2, 0) is 15.3 Å². The molecule has 27 heavy (non-hydrogen) atoms. The van der Waals surface area contributed by atoms with Crippen LogP contribution >= 0.6 is 12.2 Å². The van der Waals surface area contributed by atoms with Crippen molar-refractivity contribution in [2.45, 2.75) is 65.3 Å². The lowest BCUT2D eigenvalue weighted by molar-refractivity contribution is -0.130. The number of hydrogen-bond donors (Lipinski definition) is 1. The van der Waals surface area contributed by atoms with Gasteiger partial charge < -0.3 is 5.32 Å². The fraction of sp³-hybridized carbons (Fsp3) is 0.579. The number of thiocarbonyl (C=S) groups is 1. The summed E-state index contributed by atoms with van der Waals surface area (Å²) in [6.07, 6.45) is 4.14. The van der Waals surface area contributed by atoms with Crippen molar-refractivity contribution < 1.29 is 13.2 Å². The van der Waals surface area contributed by atoms with E-state index in [4.69, 9.17) is 12.2 Å². The minimum atomic E-state index is -2.54. The normalized spacial score (nSPS) is 12.8. The molecular weight excluding hydrogens is 382 g/mol. The molecule has 0 aliphatic rings. The molecule has 6 nitrogen and oxygen atoms in total. The summed E-state index contributed by atoms with van der Waals surface area (Å²) in [6.45, 7) is 7.72. The standard InChI is InChI=1S/C19H29N3O3S2/c1-6-7-8-9-14(3)22(19(26)20-5)18(23)15(4)16-11-10-13(2)17(12-16)21-27(24)25/h10-12,14-15H,6-9H2,1-5H3,(H,20,26). The van der Waals surface area contributed by atoms with Gasteiger partial charge in [0.2, 0.25) is 5.91 Å². The zero-order chi connectivity index (χ0) is 20.6. The first kappa shape index (κ1) is 23.2. The van der Waals surface area contributed by atoms with E-state index in [-0.39, 0.29) is 11.9 Å². The predicted octanol–water partition coefficient (Wildman–Crippen LogP) is 4.09. The highest BCUT2D eigenvalue weighted by Crippen LogP contribution is 2.27. The smallest absolute Gasteiger partial charge is 0.316 e. The SMILES string of the molecule is CCCCCC(C)N(C(=O)C(C)c1ccc(C)c(N=S(=O)=O)c1)C(=S)NC. The Balaban J connectivity index is 3.14. The van der Waals surface area contributed by atoms with E-state index in [0.29, 0.717) is 16.4 Å². The van der Waals surface area contributed by atoms with Gasteiger partial charge in [0.25, 0.3) is 0 Å². The van der Waals surface area contributed by atoms with E-state index in [1.54, 1.807) is 37.9 Å². The highest BCUT2D eigenvalue weighted by atomic mass is 32.2. The highest BCUT2D eigenvalue weighted by molar-refractivity contribution is 7.80. The Morgan fingerprint density at radius 1 is 1.30 bits per heavy atom. The van der Waals surface area contributed by atoms with E-state index in [2.05, 4.69) is 16.6 Å². The number of amides is 1. The molecule has 2 unspecified atom stereocenters. The Morgan fingerprint density at radius 2 is 1.96 bits per heavy atom. The van der Waals surface area contributed by atoms with Gasteiger partial charge in [-0.15, -0.1) is 4.36 Å². The Bertz CT molecular complexity index is 798. The van der Waals surface area contributed by atoms with E-state index in [1.807, 2.05) is 13.0 Å². The average molecular weight is 412 g/mol. The number of aryl methyl sites for hydroxylation is 1. The summed E-state index contributed by atoms with van der Waals surface area (Å²) < 4.78 is 25.4. The Kier molecular flexibility index (Phi) is 9.59. The van der Waals surface area contributed by atoms with Crippen molar-refractivity contribution in [3.63, 3.8) is 0 Å². The van der Waals surface area contributed by atoms with Crippen molar-refractivity contribution >= 4 is 39.4 Å². The van der Waals surface area contributed by atoms with Crippen LogP contribution < -0.4 is 5.32 Å². The summed E-state index contributed by atoms with van der Waals surface area (Å²) in [5.41, 5.74) is 1.79. The summed E-state index contributed by atoms with van der Waals surface area (Å²) in [4.78, 5) is 14.8. The number of carbonyl (C=O) groups is 1. The number of nitrogens with zero attached hydrogens (tertiary/aromatic N) is 2. The molecular formula is C19H29N3O3S2. The Labute approximate surface area is 169 Å². The van der Waals surface area contributed by atoms with E-state index in [0.717, 1.165) is 31.2 Å². The number of unbranched alkanes of at least 4 members (excludes halogenated alkanes) is 2. The molecule has 0 bridgehead atoms. The zero-order valence-corrected chi connectivity index (χ0v) is 18.3. The molecule has 1 aromatic carbocycles. The van der Waals surface area contributed by atoms with Gasteiger partial charge in [0, 0.05) is 13.1 Å². The second kappa shape index (κ2) is 11.1. The molecule has 0 aliphatic heterocycles. The van der Waals surface area contributed by atoms with E-state index in [1.165, 1.54) is 0 Å². The van der Waals surface area contributed by atoms with Gasteiger partial charge in [0.15, 0.2) is 5.11 Å². The largest absolute Gasteiger partial charge is 0.365 e. The molecule has 0 fully saturated rings. The fourth-order valence-electron chi connectivity index (χ4n) is 2.88. The number of hydrogen-bond acceptors (Lipinski definition) is 5. The number of nitrogens with one attached hydrogen (secondary N) is 1. The van der Waals surface area contributed by atoms with Crippen LogP contribution in [0.15, 0.2) is 22.6 Å². The molecule has 0 aromatic heterocycles. The average Bonchev–Trinajstić information content (AvgIpc) is 2.62. The molecule has 150 valence electrons. The predicted molar refractivity (Wildman–Crippen MR) is 113 cm³/mol. The maximum absolute atomic E-state index is 13.2. The monoisotopic (exact) mass is 411 g/mol. The summed E-state index contributed by atoms with van der Waals surface area (Å²) in [5.74, 6) is -0.587. The van der Waals surface area contributed by atoms with Gasteiger partial charge in [-0.25, -0.2) is 0 Å². The van der Waals surface area contributed by atoms with Gasteiger partial charge in [-0.05, 0) is 56.6 Å². The fourth-order valence-corrected chi connectivity index (χ4v) is 3.51. The van der Waals surface area contributed by atoms with Gasteiger partial charge in [-0.2, -0.15) is 8.42 Å². The first-order valence-electron chi connectivity index (χ1n) is 9.19. The molecule has 2 atom stereocenters. The summed E-state index contributed by atoms with van der Waals surface area (Å²) in [5, 5.41) is 3.30. The molecule has 0 aliphatic carbocycles. The van der Waals surface area contributed by atoms with Crippen LogP contribution in [0.3, 0.4) is 0 Å². The summed E-state index contributed by atoms with van der Waals surface area (Å²) in [7, 11) is -0.833. The van der Waals surface area contributed by atoms with E-state index < -0.39 is 16.4 Å². The topological polar surface area (TPSA) is 78.8 Å². The van der Waals surface area contributed by atoms with Crippen LogP contribution in [0.1, 0.15) is 63.5 Å². The van der Waals surface area contributed by atoms with Crippen molar-refractivity contribution in [3.05, 3.63) is 29.3 Å². The molecule has 0 heterocycles. The van der Waals surface area contributed by atoms with Crippen molar-refractivity contribution in [1.82, 2.24) is 10.2 Å². The van der Waals surface area contributed by atoms with Crippen LogP contribution in [0.25, 0.3) is 0 Å². The van der Waals surface area contributed by atoms with Crippen molar-refractivity contribution in [1.29, 1.82) is 0 Å². The third-order valence-electron chi connectivity index (χ3n) is 4.61. The first-order valence-corrected chi connectivity index (χ1v) is 10.6. The Hall–Kier alpha value is -1.80. The lowest BCUT2D eigenvalue weighted by Crippen LogP contribution is -2.49. The quantitative estimate of drug-likeness (QED) is 0.515. The second-order valence-corrected chi connectivity index (χ2v) is 7.69. The van der Waals surface area contributed by atoms with Crippen molar-refractivity contribution in [2.75, 3.05) is 7.05 Å². The minimum Gasteiger partial charge on any atom is -0.365 e. The second-order valence-electron chi connectivity index (χ2n) is 6.68. The molecule has 8 heteroatoms. The van der Waals surface area contributed by atoms with Gasteiger partial charge in [0.1, 0.15) is 0 Å². The molecule has 1 rings (SSSR count). The van der Waals surface area contributed by atoms with Crippen LogP contribution in [-0.4, -0.2) is 37.4 Å². The summed E-state index contributed by atoms with van der Waals surface area (Å²) in [6, 6.07) is 5.23. The van der Waals surface area contributed by atoms with E-state index in [9.17, 15) is 13.2 Å². The van der Waals surface area contributed by atoms with Crippen LogP contribution in [0.2, 0.25) is 0 Å². The van der Waals surface area contributed by atoms with Gasteiger partial charge in [-0.1, -0.05) is 38.3 Å².